The Balaban J connectivity index is 4.74. The van der Waals surface area contributed by atoms with Gasteiger partial charge in [-0.25, -0.2) is 4.79 Å². The SMILES string of the molecule is CC#CC#CC#CC#CC#CC#CC#CC#CC#CC#CC#CC#CC#CC#CC#CC#CC(=O)O[C@H](CCCCCCC)CCOC[C@@H](CO)OC(=O)CCCCCCCCCCCCC. The zero-order valence-corrected chi connectivity index (χ0v) is 39.2. The molecule has 0 rings (SSSR count). The number of ether oxygens (including phenoxy) is 3. The van der Waals surface area contributed by atoms with E-state index in [-0.39, 0.29) is 25.8 Å². The Morgan fingerprint density at radius 1 is 0.403 bits per heavy atom. The van der Waals surface area contributed by atoms with Crippen LogP contribution in [0.5, 0.6) is 0 Å². The number of carbonyl (C=O) groups is 2. The van der Waals surface area contributed by atoms with Crippen LogP contribution in [0.25, 0.3) is 0 Å². The monoisotopic (exact) mass is 884 g/mol. The number of aliphatic hydroxyl groups is 1. The maximum atomic E-state index is 12.5. The minimum Gasteiger partial charge on any atom is -0.457 e. The number of hydrogen-bond acceptors (Lipinski definition) is 6. The largest absolute Gasteiger partial charge is 0.457 e. The van der Waals surface area contributed by atoms with Crippen LogP contribution in [0.2, 0.25) is 0 Å². The van der Waals surface area contributed by atoms with Crippen LogP contribution >= 0.6 is 0 Å². The van der Waals surface area contributed by atoms with E-state index in [1.165, 1.54) is 51.4 Å². The molecular formula is C61H56O6. The summed E-state index contributed by atoms with van der Waals surface area (Å²) in [4.78, 5) is 24.8. The van der Waals surface area contributed by atoms with Gasteiger partial charge in [0.2, 0.25) is 0 Å². The van der Waals surface area contributed by atoms with Gasteiger partial charge in [-0.3, -0.25) is 4.79 Å². The van der Waals surface area contributed by atoms with E-state index in [0.29, 0.717) is 19.3 Å². The first-order valence-electron chi connectivity index (χ1n) is 22.6. The Kier molecular flexibility index (Phi) is 44.3. The molecule has 0 aliphatic carbocycles. The first-order valence-corrected chi connectivity index (χ1v) is 22.6. The number of rotatable bonds is 26. The molecule has 0 aromatic heterocycles. The molecule has 0 aromatic carbocycles. The molecule has 0 fully saturated rings. The molecule has 0 amide bonds. The highest BCUT2D eigenvalue weighted by Crippen LogP contribution is 2.14. The maximum Gasteiger partial charge on any atom is 0.385 e. The van der Waals surface area contributed by atoms with Gasteiger partial charge in [0.25, 0.3) is 0 Å². The molecule has 0 saturated carbocycles. The van der Waals surface area contributed by atoms with Gasteiger partial charge in [-0.15, -0.1) is 0 Å². The number of carbonyl (C=O) groups excluding carboxylic acids is 2. The average molecular weight is 885 g/mol. The smallest absolute Gasteiger partial charge is 0.385 e. The van der Waals surface area contributed by atoms with Crippen molar-refractivity contribution in [1.29, 1.82) is 0 Å². The normalized spacial score (nSPS) is 8.66. The topological polar surface area (TPSA) is 82.1 Å². The van der Waals surface area contributed by atoms with Crippen LogP contribution < -0.4 is 0 Å². The second kappa shape index (κ2) is 50.5. The molecule has 2 atom stereocenters. The molecule has 0 bridgehead atoms. The summed E-state index contributed by atoms with van der Waals surface area (Å²) in [6.07, 6.45) is 18.8. The second-order valence-electron chi connectivity index (χ2n) is 13.8. The van der Waals surface area contributed by atoms with Gasteiger partial charge in [0.05, 0.1) is 19.8 Å². The predicted molar refractivity (Wildman–Crippen MR) is 267 cm³/mol. The summed E-state index contributed by atoms with van der Waals surface area (Å²) in [5.74, 6) is 79.3. The first-order chi connectivity index (χ1) is 33.1. The maximum absolute atomic E-state index is 12.5. The molecule has 67 heavy (non-hydrogen) atoms. The van der Waals surface area contributed by atoms with Gasteiger partial charge in [-0.2, -0.15) is 0 Å². The summed E-state index contributed by atoms with van der Waals surface area (Å²) >= 11 is 0. The highest BCUT2D eigenvalue weighted by Gasteiger charge is 2.16. The molecule has 0 aliphatic rings. The third-order valence-electron chi connectivity index (χ3n) is 8.38. The van der Waals surface area contributed by atoms with Gasteiger partial charge in [0.15, 0.2) is 0 Å². The lowest BCUT2D eigenvalue weighted by Gasteiger charge is -2.19. The van der Waals surface area contributed by atoms with Crippen LogP contribution in [0, 0.1) is 189 Å². The van der Waals surface area contributed by atoms with Crippen molar-refractivity contribution < 1.29 is 28.9 Å². The molecule has 6 heteroatoms. The highest BCUT2D eigenvalue weighted by molar-refractivity contribution is 5.89. The Morgan fingerprint density at radius 2 is 0.746 bits per heavy atom. The van der Waals surface area contributed by atoms with Crippen molar-refractivity contribution in [2.75, 3.05) is 19.8 Å². The summed E-state index contributed by atoms with van der Waals surface area (Å²) < 4.78 is 16.8. The van der Waals surface area contributed by atoms with Gasteiger partial charge in [0.1, 0.15) is 12.2 Å². The van der Waals surface area contributed by atoms with Crippen molar-refractivity contribution in [3.05, 3.63) is 0 Å². The molecule has 0 saturated heterocycles. The van der Waals surface area contributed by atoms with E-state index in [0.717, 1.165) is 51.4 Å². The van der Waals surface area contributed by atoms with E-state index in [1.54, 1.807) is 6.92 Å². The van der Waals surface area contributed by atoms with E-state index < -0.39 is 18.2 Å². The van der Waals surface area contributed by atoms with Crippen LogP contribution in [0.3, 0.4) is 0 Å². The summed E-state index contributed by atoms with van der Waals surface area (Å²) in [6.45, 7) is 6.06. The van der Waals surface area contributed by atoms with E-state index in [2.05, 4.69) is 203 Å². The molecule has 6 nitrogen and oxygen atoms in total. The van der Waals surface area contributed by atoms with Crippen molar-refractivity contribution in [2.45, 2.75) is 155 Å². The Bertz CT molecular complexity index is 2620. The molecule has 336 valence electrons. The van der Waals surface area contributed by atoms with E-state index in [4.69, 9.17) is 14.2 Å². The summed E-state index contributed by atoms with van der Waals surface area (Å²) in [5.41, 5.74) is 0. The van der Waals surface area contributed by atoms with Crippen molar-refractivity contribution >= 4 is 11.9 Å². The van der Waals surface area contributed by atoms with Gasteiger partial charge >= 0.3 is 11.9 Å². The summed E-state index contributed by atoms with van der Waals surface area (Å²) in [7, 11) is 0. The lowest BCUT2D eigenvalue weighted by atomic mass is 10.1. The summed E-state index contributed by atoms with van der Waals surface area (Å²) in [6, 6.07) is 0. The number of hydrogen-bond donors (Lipinski definition) is 1. The molecule has 1 N–H and O–H groups in total. The van der Waals surface area contributed by atoms with Crippen LogP contribution in [0.4, 0.5) is 0 Å². The fourth-order valence-electron chi connectivity index (χ4n) is 5.17. The third kappa shape index (κ3) is 47.1. The molecule has 0 radical (unpaired) electrons. The Morgan fingerprint density at radius 3 is 1.12 bits per heavy atom. The molecule has 0 aliphatic heterocycles. The van der Waals surface area contributed by atoms with Gasteiger partial charge in [-0.1, -0.05) is 110 Å². The van der Waals surface area contributed by atoms with Gasteiger partial charge in [0, 0.05) is 102 Å². The lowest BCUT2D eigenvalue weighted by Crippen LogP contribution is -2.28. The fraction of sp³-hybridized carbons (Fsp3) is 0.443. The number of aliphatic hydroxyl groups excluding tert-OH is 1. The highest BCUT2D eigenvalue weighted by atomic mass is 16.6. The van der Waals surface area contributed by atoms with Crippen molar-refractivity contribution in [3.63, 3.8) is 0 Å². The van der Waals surface area contributed by atoms with Crippen LogP contribution in [0.1, 0.15) is 143 Å². The van der Waals surface area contributed by atoms with Crippen molar-refractivity contribution in [2.24, 2.45) is 0 Å². The number of esters is 2. The standard InChI is InChI=1S/C61H56O6/c1-4-7-10-13-15-17-19-20-21-22-23-24-25-26-27-28-29-30-31-32-33-34-35-36-37-38-40-42-43-46-49-52-60(63)66-58(51-48-45-12-9-6-3)54-55-65-57-59(56-62)67-61(64)53-50-47-44-41-39-18-16-14-11-8-5-2/h58-59,62H,5-6,8-9,11-12,14,16,18,39,41,44-45,47-48,50-51,53-57H2,1-3H3/t58-,59-/m1/s1. The Labute approximate surface area is 403 Å². The predicted octanol–water partition coefficient (Wildman–Crippen LogP) is 7.34. The minimum atomic E-state index is -0.743. The fourth-order valence-corrected chi connectivity index (χ4v) is 5.17. The molecular weight excluding hydrogens is 829 g/mol. The van der Waals surface area contributed by atoms with Crippen LogP contribution in [-0.2, 0) is 23.8 Å². The minimum absolute atomic E-state index is 0.0562. The molecule has 0 aromatic rings. The van der Waals surface area contributed by atoms with Crippen molar-refractivity contribution in [3.8, 4) is 189 Å². The Hall–Kier alpha value is -8.18. The van der Waals surface area contributed by atoms with Crippen LogP contribution in [0.15, 0.2) is 0 Å². The molecule has 0 heterocycles. The van der Waals surface area contributed by atoms with E-state index >= 15 is 0 Å². The number of unbranched alkanes of at least 4 members (excludes halogenated alkanes) is 14. The van der Waals surface area contributed by atoms with Crippen LogP contribution in [-0.4, -0.2) is 49.1 Å². The molecule has 0 unspecified atom stereocenters. The lowest BCUT2D eigenvalue weighted by molar-refractivity contribution is -0.155. The van der Waals surface area contributed by atoms with E-state index in [1.807, 2.05) is 0 Å². The van der Waals surface area contributed by atoms with E-state index in [9.17, 15) is 14.7 Å². The third-order valence-corrected chi connectivity index (χ3v) is 8.38. The second-order valence-corrected chi connectivity index (χ2v) is 13.8. The quantitative estimate of drug-likeness (QED) is 0.0424. The average Bonchev–Trinajstić information content (AvgIpc) is 3.33. The zero-order valence-electron chi connectivity index (χ0n) is 39.2. The van der Waals surface area contributed by atoms with Gasteiger partial charge in [-0.05, 0) is 121 Å². The summed E-state index contributed by atoms with van der Waals surface area (Å²) in [5, 5.41) is 9.74. The van der Waals surface area contributed by atoms with Crippen molar-refractivity contribution in [1.82, 2.24) is 0 Å². The zero-order chi connectivity index (χ0) is 48.6. The first kappa shape index (κ1) is 58.8. The molecule has 0 spiro atoms. The van der Waals surface area contributed by atoms with Gasteiger partial charge < -0.3 is 19.3 Å².